The highest BCUT2D eigenvalue weighted by Crippen LogP contribution is 2.32. The number of hydrogen-bond acceptors (Lipinski definition) is 8. The van der Waals surface area contributed by atoms with Gasteiger partial charge in [0.25, 0.3) is 0 Å². The summed E-state index contributed by atoms with van der Waals surface area (Å²) in [4.78, 5) is 16.7. The van der Waals surface area contributed by atoms with Crippen molar-refractivity contribution in [2.75, 3.05) is 30.7 Å². The molecule has 3 aromatic rings. The topological polar surface area (TPSA) is 118 Å². The molecule has 4 heterocycles. The number of aliphatic hydroxyl groups is 1. The first kappa shape index (κ1) is 22.0. The van der Waals surface area contributed by atoms with Crippen LogP contribution in [-0.4, -0.2) is 66.5 Å². The van der Waals surface area contributed by atoms with Crippen LogP contribution < -0.4 is 11.1 Å². The lowest BCUT2D eigenvalue weighted by molar-refractivity contribution is 0.182. The van der Waals surface area contributed by atoms with E-state index in [0.29, 0.717) is 17.4 Å². The van der Waals surface area contributed by atoms with Gasteiger partial charge in [0.15, 0.2) is 5.82 Å². The van der Waals surface area contributed by atoms with Gasteiger partial charge in [-0.15, -0.1) is 0 Å². The van der Waals surface area contributed by atoms with Gasteiger partial charge in [0, 0.05) is 42.7 Å². The third-order valence-electron chi connectivity index (χ3n) is 7.17. The van der Waals surface area contributed by atoms with E-state index >= 15 is 0 Å². The second-order valence-electron chi connectivity index (χ2n) is 9.31. The second-order valence-corrected chi connectivity index (χ2v) is 9.31. The summed E-state index contributed by atoms with van der Waals surface area (Å²) < 4.78 is 2.09. The van der Waals surface area contributed by atoms with E-state index < -0.39 is 0 Å². The lowest BCUT2D eigenvalue weighted by Gasteiger charge is -2.31. The van der Waals surface area contributed by atoms with Crippen molar-refractivity contribution in [2.45, 2.75) is 70.6 Å². The Morgan fingerprint density at radius 2 is 1.91 bits per heavy atom. The molecule has 0 unspecified atom stereocenters. The number of aromatic nitrogens is 5. The maximum absolute atomic E-state index is 9.93. The highest BCUT2D eigenvalue weighted by molar-refractivity contribution is 5.96. The first-order valence-corrected chi connectivity index (χ1v) is 12.2. The van der Waals surface area contributed by atoms with Gasteiger partial charge in [0.1, 0.15) is 16.9 Å². The van der Waals surface area contributed by atoms with Crippen molar-refractivity contribution in [3.05, 3.63) is 24.3 Å². The fourth-order valence-electron chi connectivity index (χ4n) is 5.13. The maximum Gasteiger partial charge on any atom is 0.151 e. The van der Waals surface area contributed by atoms with Crippen LogP contribution in [0.5, 0.6) is 0 Å². The number of aliphatic hydroxyl groups excluding tert-OH is 1. The van der Waals surface area contributed by atoms with Gasteiger partial charge in [-0.2, -0.15) is 5.10 Å². The molecule has 9 nitrogen and oxygen atoms in total. The van der Waals surface area contributed by atoms with Crippen molar-refractivity contribution >= 4 is 22.7 Å². The molecule has 1 aliphatic carbocycles. The Hall–Kier alpha value is -2.78. The smallest absolute Gasteiger partial charge is 0.151 e. The van der Waals surface area contributed by atoms with Crippen molar-refractivity contribution in [1.82, 2.24) is 29.6 Å². The number of fused-ring (bicyclic) bond motifs is 1. The zero-order valence-corrected chi connectivity index (χ0v) is 19.5. The Kier molecular flexibility index (Phi) is 6.16. The SMILES string of the molecule is CCc1nc2c(N)ncc(-c3cnn(C4CCN(CC)CC4)c3)c2nc1N[C@@H]1CC[C@H](O)C1. The number of nitrogen functional groups attached to an aromatic ring is 1. The molecule has 2 atom stereocenters. The average Bonchev–Trinajstić information content (AvgIpc) is 3.48. The van der Waals surface area contributed by atoms with Gasteiger partial charge in [-0.1, -0.05) is 13.8 Å². The number of piperidine rings is 1. The van der Waals surface area contributed by atoms with E-state index in [1.807, 2.05) is 6.20 Å². The van der Waals surface area contributed by atoms with Crippen LogP contribution in [0.15, 0.2) is 18.6 Å². The van der Waals surface area contributed by atoms with Crippen LogP contribution in [0, 0.1) is 0 Å². The van der Waals surface area contributed by atoms with Crippen molar-refractivity contribution in [3.8, 4) is 11.1 Å². The van der Waals surface area contributed by atoms with Crippen LogP contribution in [-0.2, 0) is 6.42 Å². The van der Waals surface area contributed by atoms with Gasteiger partial charge in [0.05, 0.1) is 24.0 Å². The summed E-state index contributed by atoms with van der Waals surface area (Å²) in [5.74, 6) is 1.16. The van der Waals surface area contributed by atoms with Gasteiger partial charge in [-0.05, 0) is 45.1 Å². The minimum atomic E-state index is -0.244. The van der Waals surface area contributed by atoms with E-state index in [9.17, 15) is 5.11 Å². The minimum Gasteiger partial charge on any atom is -0.393 e. The predicted molar refractivity (Wildman–Crippen MR) is 130 cm³/mol. The number of rotatable bonds is 6. The zero-order valence-electron chi connectivity index (χ0n) is 19.5. The van der Waals surface area contributed by atoms with Crippen LogP contribution in [0.3, 0.4) is 0 Å². The van der Waals surface area contributed by atoms with E-state index in [1.54, 1.807) is 6.20 Å². The van der Waals surface area contributed by atoms with Gasteiger partial charge < -0.3 is 21.1 Å². The third kappa shape index (κ3) is 4.39. The maximum atomic E-state index is 9.93. The molecule has 0 amide bonds. The van der Waals surface area contributed by atoms with Crippen molar-refractivity contribution in [3.63, 3.8) is 0 Å². The van der Waals surface area contributed by atoms with Gasteiger partial charge in [0.2, 0.25) is 0 Å². The summed E-state index contributed by atoms with van der Waals surface area (Å²) in [6.07, 6.45) is 11.0. The third-order valence-corrected chi connectivity index (χ3v) is 7.17. The Balaban J connectivity index is 1.49. The molecule has 0 aromatic carbocycles. The number of nitrogens with zero attached hydrogens (tertiary/aromatic N) is 6. The molecular weight excluding hydrogens is 416 g/mol. The largest absolute Gasteiger partial charge is 0.393 e. The Morgan fingerprint density at radius 3 is 2.61 bits per heavy atom. The Morgan fingerprint density at radius 1 is 1.09 bits per heavy atom. The molecule has 0 spiro atoms. The summed E-state index contributed by atoms with van der Waals surface area (Å²) in [5, 5.41) is 18.1. The average molecular weight is 451 g/mol. The van der Waals surface area contributed by atoms with Crippen LogP contribution in [0.1, 0.15) is 57.7 Å². The molecule has 3 aromatic heterocycles. The first-order chi connectivity index (χ1) is 16.1. The van der Waals surface area contributed by atoms with E-state index in [2.05, 4.69) is 39.9 Å². The van der Waals surface area contributed by atoms with E-state index in [-0.39, 0.29) is 12.1 Å². The fraction of sp³-hybridized carbons (Fsp3) is 0.583. The highest BCUT2D eigenvalue weighted by atomic mass is 16.3. The van der Waals surface area contributed by atoms with Gasteiger partial charge in [-0.3, -0.25) is 4.68 Å². The molecule has 1 saturated heterocycles. The quantitative estimate of drug-likeness (QED) is 0.524. The molecule has 5 rings (SSSR count). The molecule has 0 bridgehead atoms. The Labute approximate surface area is 194 Å². The number of nitrogens with two attached hydrogens (primary N) is 1. The summed E-state index contributed by atoms with van der Waals surface area (Å²) in [7, 11) is 0. The summed E-state index contributed by atoms with van der Waals surface area (Å²) in [5.41, 5.74) is 10.3. The molecule has 2 fully saturated rings. The van der Waals surface area contributed by atoms with Gasteiger partial charge in [-0.25, -0.2) is 15.0 Å². The number of nitrogens with one attached hydrogen (secondary N) is 1. The number of anilines is 2. The molecule has 0 radical (unpaired) electrons. The molecule has 1 aliphatic heterocycles. The number of likely N-dealkylation sites (tertiary alicyclic amines) is 1. The normalized spacial score (nSPS) is 22.3. The molecule has 33 heavy (non-hydrogen) atoms. The predicted octanol–water partition coefficient (Wildman–Crippen LogP) is 3.02. The summed E-state index contributed by atoms with van der Waals surface area (Å²) in [6.45, 7) is 7.60. The van der Waals surface area contributed by atoms with Crippen LogP contribution >= 0.6 is 0 Å². The zero-order chi connectivity index (χ0) is 22.9. The van der Waals surface area contributed by atoms with Gasteiger partial charge >= 0.3 is 0 Å². The second kappa shape index (κ2) is 9.23. The standard InChI is InChI=1S/C24H34N8O/c1-3-20-24(28-16-5-6-18(33)11-16)30-21-19(13-26-23(25)22(21)29-20)15-12-27-32(14-15)17-7-9-31(4-2)10-8-17/h12-14,16-18,33H,3-11H2,1-2H3,(H2,25,26)(H,28,30)/t16-,18+/m1/s1. The summed E-state index contributed by atoms with van der Waals surface area (Å²) in [6, 6.07) is 0.620. The van der Waals surface area contributed by atoms with Crippen molar-refractivity contribution < 1.29 is 5.11 Å². The van der Waals surface area contributed by atoms with Crippen LogP contribution in [0.25, 0.3) is 22.2 Å². The number of aryl methyl sites for hydroxylation is 1. The Bertz CT molecular complexity index is 1120. The van der Waals surface area contributed by atoms with E-state index in [1.165, 1.54) is 0 Å². The fourth-order valence-corrected chi connectivity index (χ4v) is 5.13. The van der Waals surface area contributed by atoms with Crippen LogP contribution in [0.2, 0.25) is 0 Å². The molecule has 9 heteroatoms. The lowest BCUT2D eigenvalue weighted by Crippen LogP contribution is -2.34. The first-order valence-electron chi connectivity index (χ1n) is 12.2. The minimum absolute atomic E-state index is 0.205. The van der Waals surface area contributed by atoms with Crippen molar-refractivity contribution in [2.24, 2.45) is 0 Å². The number of pyridine rings is 1. The highest BCUT2D eigenvalue weighted by Gasteiger charge is 2.25. The number of hydrogen-bond donors (Lipinski definition) is 3. The molecule has 176 valence electrons. The summed E-state index contributed by atoms with van der Waals surface area (Å²) >= 11 is 0. The molecule has 4 N–H and O–H groups in total. The molecule has 1 saturated carbocycles. The van der Waals surface area contributed by atoms with E-state index in [0.717, 1.165) is 86.3 Å². The van der Waals surface area contributed by atoms with Crippen molar-refractivity contribution in [1.29, 1.82) is 0 Å². The monoisotopic (exact) mass is 450 g/mol. The van der Waals surface area contributed by atoms with Crippen LogP contribution in [0.4, 0.5) is 11.6 Å². The molecular formula is C24H34N8O. The lowest BCUT2D eigenvalue weighted by atomic mass is 10.1. The van der Waals surface area contributed by atoms with E-state index in [4.69, 9.17) is 20.8 Å². The molecule has 2 aliphatic rings.